The number of nitrogens with zero attached hydrogens (tertiary/aromatic N) is 1. The van der Waals surface area contributed by atoms with Crippen LogP contribution in [0.15, 0.2) is 78.9 Å². The van der Waals surface area contributed by atoms with Gasteiger partial charge in [-0.05, 0) is 72.0 Å². The smallest absolute Gasteiger partial charge is 0.328 e. The van der Waals surface area contributed by atoms with E-state index in [-0.39, 0.29) is 17.7 Å². The van der Waals surface area contributed by atoms with Crippen LogP contribution in [0.3, 0.4) is 0 Å². The Morgan fingerprint density at radius 2 is 1.37 bits per heavy atom. The summed E-state index contributed by atoms with van der Waals surface area (Å²) >= 11 is 0. The topological polar surface area (TPSA) is 106 Å². The molecule has 8 nitrogen and oxygen atoms in total. The zero-order valence-corrected chi connectivity index (χ0v) is 22.8. The summed E-state index contributed by atoms with van der Waals surface area (Å²) in [6.07, 6.45) is 1.78. The maximum absolute atomic E-state index is 13.4. The van der Waals surface area contributed by atoms with Gasteiger partial charge in [0.05, 0.1) is 20.8 Å². The molecule has 4 rings (SSSR count). The lowest BCUT2D eigenvalue weighted by molar-refractivity contribution is -0.134. The number of halogens is 2. The van der Waals surface area contributed by atoms with Crippen molar-refractivity contribution in [1.29, 1.82) is 0 Å². The number of carboxylic acid groups (broad SMARTS) is 2. The van der Waals surface area contributed by atoms with Gasteiger partial charge in [-0.2, -0.15) is 0 Å². The van der Waals surface area contributed by atoms with E-state index in [2.05, 4.69) is 17.0 Å². The van der Waals surface area contributed by atoms with Crippen LogP contribution in [0.4, 0.5) is 8.78 Å². The molecule has 0 spiro atoms. The van der Waals surface area contributed by atoms with Crippen LogP contribution in [-0.2, 0) is 14.3 Å². The van der Waals surface area contributed by atoms with Crippen molar-refractivity contribution in [3.63, 3.8) is 0 Å². The highest BCUT2D eigenvalue weighted by molar-refractivity contribution is 5.89. The Bertz CT molecular complexity index is 1230. The van der Waals surface area contributed by atoms with E-state index < -0.39 is 11.9 Å². The van der Waals surface area contributed by atoms with Gasteiger partial charge >= 0.3 is 11.9 Å². The Balaban J connectivity index is 0.000000507. The molecular formula is C31H33F2NO7. The second kappa shape index (κ2) is 15.5. The van der Waals surface area contributed by atoms with Gasteiger partial charge in [0.15, 0.2) is 0 Å². The normalized spacial score (nSPS) is 15.0. The number of rotatable bonds is 11. The predicted octanol–water partition coefficient (Wildman–Crippen LogP) is 5.29. The second-order valence-corrected chi connectivity index (χ2v) is 9.30. The van der Waals surface area contributed by atoms with Gasteiger partial charge in [0, 0.05) is 31.3 Å². The number of carboxylic acids is 2. The molecule has 1 heterocycles. The molecule has 0 aromatic heterocycles. The number of methoxy groups -OCH3 is 2. The van der Waals surface area contributed by atoms with E-state index in [1.807, 2.05) is 6.07 Å². The molecule has 3 aromatic carbocycles. The standard InChI is InChI=1S/C27H29F2NO3.C4H4O4/c1-31-25-15-22(16-26(17-25)32-2)21-11-12-30(18-21)13-14-33-27(19-3-7-23(28)8-4-19)20-5-9-24(29)10-6-20;5-3(6)1-2-4(7)8/h3-10,15-17,21,27H,11-14,18H2,1-2H3;1-2H,(H,5,6)(H,7,8). The lowest BCUT2D eigenvalue weighted by Crippen LogP contribution is -2.26. The fourth-order valence-electron chi connectivity index (χ4n) is 4.48. The zero-order chi connectivity index (χ0) is 29.8. The third kappa shape index (κ3) is 10.0. The molecule has 3 aromatic rings. The first-order valence-electron chi connectivity index (χ1n) is 12.9. The molecule has 0 aliphatic carbocycles. The molecule has 2 N–H and O–H groups in total. The molecule has 1 atom stereocenters. The Morgan fingerprint density at radius 1 is 0.878 bits per heavy atom. The van der Waals surface area contributed by atoms with E-state index in [0.717, 1.165) is 48.7 Å². The average molecular weight is 570 g/mol. The first-order chi connectivity index (χ1) is 19.7. The third-order valence-electron chi connectivity index (χ3n) is 6.52. The van der Waals surface area contributed by atoms with Gasteiger partial charge in [0.1, 0.15) is 29.2 Å². The fourth-order valence-corrected chi connectivity index (χ4v) is 4.48. The molecule has 10 heteroatoms. The Labute approximate surface area is 237 Å². The number of hydrogen-bond acceptors (Lipinski definition) is 6. The number of benzene rings is 3. The van der Waals surface area contributed by atoms with Crippen molar-refractivity contribution in [3.8, 4) is 11.5 Å². The van der Waals surface area contributed by atoms with Crippen LogP contribution in [0.1, 0.15) is 35.1 Å². The lowest BCUT2D eigenvalue weighted by atomic mass is 9.98. The van der Waals surface area contributed by atoms with E-state index in [1.54, 1.807) is 38.5 Å². The molecule has 1 aliphatic rings. The van der Waals surface area contributed by atoms with Crippen LogP contribution in [0.5, 0.6) is 11.5 Å². The fraction of sp³-hybridized carbons (Fsp3) is 0.290. The number of hydrogen-bond donors (Lipinski definition) is 2. The predicted molar refractivity (Wildman–Crippen MR) is 148 cm³/mol. The highest BCUT2D eigenvalue weighted by Crippen LogP contribution is 2.33. The van der Waals surface area contributed by atoms with Crippen LogP contribution >= 0.6 is 0 Å². The summed E-state index contributed by atoms with van der Waals surface area (Å²) in [5.74, 6) is -1.11. The molecule has 0 saturated carbocycles. The van der Waals surface area contributed by atoms with E-state index in [9.17, 15) is 18.4 Å². The minimum absolute atomic E-state index is 0.297. The van der Waals surface area contributed by atoms with Crippen LogP contribution < -0.4 is 9.47 Å². The van der Waals surface area contributed by atoms with Gasteiger partial charge in [-0.3, -0.25) is 0 Å². The molecule has 0 radical (unpaired) electrons. The highest BCUT2D eigenvalue weighted by Gasteiger charge is 2.25. The summed E-state index contributed by atoms with van der Waals surface area (Å²) in [7, 11) is 3.32. The van der Waals surface area contributed by atoms with Crippen molar-refractivity contribution in [1.82, 2.24) is 4.90 Å². The zero-order valence-electron chi connectivity index (χ0n) is 22.8. The van der Waals surface area contributed by atoms with Gasteiger partial charge in [-0.1, -0.05) is 24.3 Å². The van der Waals surface area contributed by atoms with Gasteiger partial charge in [0.25, 0.3) is 0 Å². The molecule has 0 amide bonds. The van der Waals surface area contributed by atoms with E-state index in [0.29, 0.717) is 24.7 Å². The van der Waals surface area contributed by atoms with Crippen LogP contribution in [0, 0.1) is 11.6 Å². The minimum atomic E-state index is -1.26. The van der Waals surface area contributed by atoms with Crippen molar-refractivity contribution >= 4 is 11.9 Å². The third-order valence-corrected chi connectivity index (χ3v) is 6.52. The van der Waals surface area contributed by atoms with Crippen LogP contribution in [-0.4, -0.2) is 67.5 Å². The Hall–Kier alpha value is -4.28. The van der Waals surface area contributed by atoms with Crippen molar-refractivity contribution in [2.45, 2.75) is 18.4 Å². The van der Waals surface area contributed by atoms with Crippen LogP contribution in [0.25, 0.3) is 0 Å². The monoisotopic (exact) mass is 569 g/mol. The molecule has 1 saturated heterocycles. The Morgan fingerprint density at radius 3 is 1.80 bits per heavy atom. The molecule has 218 valence electrons. The molecule has 41 heavy (non-hydrogen) atoms. The second-order valence-electron chi connectivity index (χ2n) is 9.30. The van der Waals surface area contributed by atoms with Crippen LogP contribution in [0.2, 0.25) is 0 Å². The number of carbonyl (C=O) groups is 2. The maximum Gasteiger partial charge on any atom is 0.328 e. The van der Waals surface area contributed by atoms with Gasteiger partial charge in [-0.15, -0.1) is 0 Å². The van der Waals surface area contributed by atoms with E-state index in [4.69, 9.17) is 24.4 Å². The summed E-state index contributed by atoms with van der Waals surface area (Å²) in [4.78, 5) is 21.5. The van der Waals surface area contributed by atoms with Crippen molar-refractivity contribution in [2.75, 3.05) is 40.5 Å². The summed E-state index contributed by atoms with van der Waals surface area (Å²) in [5.41, 5.74) is 2.89. The van der Waals surface area contributed by atoms with Gasteiger partial charge < -0.3 is 29.3 Å². The average Bonchev–Trinajstić information content (AvgIpc) is 3.44. The number of aliphatic carboxylic acids is 2. The molecule has 1 aliphatic heterocycles. The van der Waals surface area contributed by atoms with Crippen molar-refractivity contribution in [2.24, 2.45) is 0 Å². The first kappa shape index (κ1) is 31.3. The number of ether oxygens (including phenoxy) is 3. The quantitative estimate of drug-likeness (QED) is 0.300. The lowest BCUT2D eigenvalue weighted by Gasteiger charge is -2.22. The van der Waals surface area contributed by atoms with E-state index >= 15 is 0 Å². The molecule has 1 fully saturated rings. The van der Waals surface area contributed by atoms with Gasteiger partial charge in [0.2, 0.25) is 0 Å². The van der Waals surface area contributed by atoms with Gasteiger partial charge in [-0.25, -0.2) is 18.4 Å². The van der Waals surface area contributed by atoms with Crippen molar-refractivity contribution in [3.05, 3.63) is 107 Å². The molecule has 0 bridgehead atoms. The number of likely N-dealkylation sites (tertiary alicyclic amines) is 1. The summed E-state index contributed by atoms with van der Waals surface area (Å²) in [6.45, 7) is 3.19. The summed E-state index contributed by atoms with van der Waals surface area (Å²) in [5, 5.41) is 15.6. The summed E-state index contributed by atoms with van der Waals surface area (Å²) < 4.78 is 43.9. The highest BCUT2D eigenvalue weighted by atomic mass is 19.1. The van der Waals surface area contributed by atoms with Crippen molar-refractivity contribution < 1.29 is 42.8 Å². The molecule has 1 unspecified atom stereocenters. The SMILES string of the molecule is COc1cc(OC)cc(C2CCN(CCOC(c3ccc(F)cc3)c3ccc(F)cc3)C2)c1.O=C(O)C=CC(=O)O. The Kier molecular flexibility index (Phi) is 11.8. The largest absolute Gasteiger partial charge is 0.497 e. The maximum atomic E-state index is 13.4. The minimum Gasteiger partial charge on any atom is -0.497 e. The first-order valence-corrected chi connectivity index (χ1v) is 12.9. The van der Waals surface area contributed by atoms with E-state index in [1.165, 1.54) is 29.8 Å². The molecular weight excluding hydrogens is 536 g/mol. The summed E-state index contributed by atoms with van der Waals surface area (Å²) in [6, 6.07) is 18.6.